The third kappa shape index (κ3) is 4.40. The first-order valence-corrected chi connectivity index (χ1v) is 9.39. The third-order valence-electron chi connectivity index (χ3n) is 5.63. The van der Waals surface area contributed by atoms with Crippen LogP contribution < -0.4 is 5.32 Å². The van der Waals surface area contributed by atoms with Crippen LogP contribution in [0.3, 0.4) is 0 Å². The molecule has 25 heavy (non-hydrogen) atoms. The van der Waals surface area contributed by atoms with Crippen molar-refractivity contribution >= 4 is 11.8 Å². The molecule has 1 aromatic rings. The Morgan fingerprint density at radius 3 is 2.60 bits per heavy atom. The van der Waals surface area contributed by atoms with Crippen LogP contribution in [-0.4, -0.2) is 53.8 Å². The van der Waals surface area contributed by atoms with Crippen molar-refractivity contribution in [3.8, 4) is 0 Å². The highest BCUT2D eigenvalue weighted by Crippen LogP contribution is 2.25. The van der Waals surface area contributed by atoms with E-state index in [0.29, 0.717) is 12.6 Å². The van der Waals surface area contributed by atoms with Gasteiger partial charge in [-0.15, -0.1) is 0 Å². The minimum atomic E-state index is -0.0572. The van der Waals surface area contributed by atoms with Crippen molar-refractivity contribution in [1.29, 1.82) is 0 Å². The number of hydrogen-bond donors (Lipinski definition) is 1. The zero-order chi connectivity index (χ0) is 17.8. The molecule has 0 radical (unpaired) electrons. The van der Waals surface area contributed by atoms with Gasteiger partial charge in [0.05, 0.1) is 5.92 Å². The van der Waals surface area contributed by atoms with E-state index in [2.05, 4.69) is 41.4 Å². The Hall–Kier alpha value is -1.88. The number of hydrogen-bond acceptors (Lipinski definition) is 3. The number of amides is 2. The number of rotatable bonds is 4. The molecule has 0 spiro atoms. The van der Waals surface area contributed by atoms with Gasteiger partial charge in [0, 0.05) is 45.2 Å². The topological polar surface area (TPSA) is 52.7 Å². The maximum Gasteiger partial charge on any atom is 0.225 e. The number of piperidine rings is 1. The van der Waals surface area contributed by atoms with Gasteiger partial charge in [-0.3, -0.25) is 14.5 Å². The van der Waals surface area contributed by atoms with Gasteiger partial charge in [0.15, 0.2) is 0 Å². The van der Waals surface area contributed by atoms with Crippen LogP contribution in [-0.2, 0) is 9.59 Å². The standard InChI is InChI=1S/C20H29N3O2/c1-15(17-7-4-3-5-8-17)22-12-10-19(14-22)21-20(25)18-9-6-11-23(13-18)16(2)24/h3-5,7-8,15,18-19H,6,9-14H2,1-2H3,(H,21,25)/t15-,18-,19+/m0/s1. The van der Waals surface area contributed by atoms with Crippen molar-refractivity contribution in [3.05, 3.63) is 35.9 Å². The molecule has 2 aliphatic rings. The maximum atomic E-state index is 12.6. The van der Waals surface area contributed by atoms with Crippen molar-refractivity contribution < 1.29 is 9.59 Å². The van der Waals surface area contributed by atoms with E-state index < -0.39 is 0 Å². The number of nitrogens with one attached hydrogen (secondary N) is 1. The summed E-state index contributed by atoms with van der Waals surface area (Å²) in [5.41, 5.74) is 1.32. The maximum absolute atomic E-state index is 12.6. The van der Waals surface area contributed by atoms with Gasteiger partial charge < -0.3 is 10.2 Å². The van der Waals surface area contributed by atoms with E-state index >= 15 is 0 Å². The van der Waals surface area contributed by atoms with E-state index in [1.807, 2.05) is 6.07 Å². The number of carbonyl (C=O) groups is 2. The Morgan fingerprint density at radius 2 is 1.88 bits per heavy atom. The second-order valence-corrected chi connectivity index (χ2v) is 7.38. The Kier molecular flexibility index (Phi) is 5.74. The Labute approximate surface area is 150 Å². The van der Waals surface area contributed by atoms with Crippen molar-refractivity contribution in [2.75, 3.05) is 26.2 Å². The first-order valence-electron chi connectivity index (χ1n) is 9.39. The largest absolute Gasteiger partial charge is 0.352 e. The summed E-state index contributed by atoms with van der Waals surface area (Å²) in [5.74, 6) is 0.129. The summed E-state index contributed by atoms with van der Waals surface area (Å²) >= 11 is 0. The molecule has 1 N–H and O–H groups in total. The molecule has 0 aromatic heterocycles. The molecule has 2 fully saturated rings. The first-order chi connectivity index (χ1) is 12.0. The average Bonchev–Trinajstić information content (AvgIpc) is 3.10. The lowest BCUT2D eigenvalue weighted by Gasteiger charge is -2.32. The van der Waals surface area contributed by atoms with E-state index in [-0.39, 0.29) is 23.8 Å². The Balaban J connectivity index is 1.51. The summed E-state index contributed by atoms with van der Waals surface area (Å²) in [6.45, 7) is 7.06. The lowest BCUT2D eigenvalue weighted by molar-refractivity contribution is -0.134. The molecule has 2 aliphatic heterocycles. The summed E-state index contributed by atoms with van der Waals surface area (Å²) < 4.78 is 0. The number of benzene rings is 1. The molecule has 5 nitrogen and oxygen atoms in total. The Morgan fingerprint density at radius 1 is 1.12 bits per heavy atom. The molecule has 2 heterocycles. The second-order valence-electron chi connectivity index (χ2n) is 7.38. The minimum absolute atomic E-state index is 0.0572. The lowest BCUT2D eigenvalue weighted by Crippen LogP contribution is -2.47. The van der Waals surface area contributed by atoms with Crippen LogP contribution >= 0.6 is 0 Å². The molecule has 136 valence electrons. The zero-order valence-corrected chi connectivity index (χ0v) is 15.3. The van der Waals surface area contributed by atoms with Crippen LogP contribution in [0.4, 0.5) is 0 Å². The molecule has 0 bridgehead atoms. The van der Waals surface area contributed by atoms with Crippen LogP contribution in [0.15, 0.2) is 30.3 Å². The zero-order valence-electron chi connectivity index (χ0n) is 15.3. The predicted octanol–water partition coefficient (Wildman–Crippen LogP) is 2.20. The smallest absolute Gasteiger partial charge is 0.225 e. The predicted molar refractivity (Wildman–Crippen MR) is 98.0 cm³/mol. The quantitative estimate of drug-likeness (QED) is 0.912. The highest BCUT2D eigenvalue weighted by molar-refractivity contribution is 5.81. The molecule has 2 amide bonds. The molecular weight excluding hydrogens is 314 g/mol. The van der Waals surface area contributed by atoms with Crippen LogP contribution in [0.1, 0.15) is 44.7 Å². The van der Waals surface area contributed by atoms with Gasteiger partial charge in [0.2, 0.25) is 11.8 Å². The van der Waals surface area contributed by atoms with Gasteiger partial charge in [0.25, 0.3) is 0 Å². The van der Waals surface area contributed by atoms with Crippen molar-refractivity contribution in [2.45, 2.75) is 45.2 Å². The average molecular weight is 343 g/mol. The van der Waals surface area contributed by atoms with E-state index in [0.717, 1.165) is 38.9 Å². The molecule has 2 saturated heterocycles. The fraction of sp³-hybridized carbons (Fsp3) is 0.600. The van der Waals surface area contributed by atoms with Gasteiger partial charge in [-0.05, 0) is 31.7 Å². The van der Waals surface area contributed by atoms with Crippen LogP contribution in [0.25, 0.3) is 0 Å². The fourth-order valence-electron chi connectivity index (χ4n) is 4.00. The summed E-state index contributed by atoms with van der Waals surface area (Å²) in [6, 6.07) is 11.1. The van der Waals surface area contributed by atoms with Gasteiger partial charge in [-0.25, -0.2) is 0 Å². The fourth-order valence-corrected chi connectivity index (χ4v) is 4.00. The minimum Gasteiger partial charge on any atom is -0.352 e. The van der Waals surface area contributed by atoms with Crippen LogP contribution in [0, 0.1) is 5.92 Å². The number of carbonyl (C=O) groups excluding carboxylic acids is 2. The van der Waals surface area contributed by atoms with Gasteiger partial charge >= 0.3 is 0 Å². The monoisotopic (exact) mass is 343 g/mol. The van der Waals surface area contributed by atoms with Crippen LogP contribution in [0.2, 0.25) is 0 Å². The molecule has 1 aromatic carbocycles. The summed E-state index contributed by atoms with van der Waals surface area (Å²) in [4.78, 5) is 28.4. The van der Waals surface area contributed by atoms with Crippen molar-refractivity contribution in [2.24, 2.45) is 5.92 Å². The van der Waals surface area contributed by atoms with E-state index in [4.69, 9.17) is 0 Å². The van der Waals surface area contributed by atoms with Gasteiger partial charge in [-0.1, -0.05) is 30.3 Å². The molecule has 3 rings (SSSR count). The molecule has 5 heteroatoms. The summed E-state index contributed by atoms with van der Waals surface area (Å²) in [6.07, 6.45) is 2.79. The molecule has 3 atom stereocenters. The van der Waals surface area contributed by atoms with Gasteiger partial charge in [-0.2, -0.15) is 0 Å². The first kappa shape index (κ1) is 17.9. The summed E-state index contributed by atoms with van der Waals surface area (Å²) in [7, 11) is 0. The van der Waals surface area contributed by atoms with E-state index in [1.54, 1.807) is 11.8 Å². The van der Waals surface area contributed by atoms with Gasteiger partial charge in [0.1, 0.15) is 0 Å². The van der Waals surface area contributed by atoms with Crippen LogP contribution in [0.5, 0.6) is 0 Å². The normalized spacial score (nSPS) is 25.6. The third-order valence-corrected chi connectivity index (χ3v) is 5.63. The Bertz CT molecular complexity index is 604. The second kappa shape index (κ2) is 8.00. The number of nitrogens with zero attached hydrogens (tertiary/aromatic N) is 2. The molecular formula is C20H29N3O2. The highest BCUT2D eigenvalue weighted by Gasteiger charge is 2.31. The van der Waals surface area contributed by atoms with Crippen molar-refractivity contribution in [1.82, 2.24) is 15.1 Å². The lowest BCUT2D eigenvalue weighted by atomic mass is 9.96. The summed E-state index contributed by atoms with van der Waals surface area (Å²) in [5, 5.41) is 3.23. The highest BCUT2D eigenvalue weighted by atomic mass is 16.2. The SMILES string of the molecule is CC(=O)N1CCC[C@H](C(=O)N[C@@H]2CCN([C@@H](C)c3ccccc3)C2)C1. The molecule has 0 aliphatic carbocycles. The van der Waals surface area contributed by atoms with E-state index in [9.17, 15) is 9.59 Å². The van der Waals surface area contributed by atoms with E-state index in [1.165, 1.54) is 5.56 Å². The van der Waals surface area contributed by atoms with Crippen molar-refractivity contribution in [3.63, 3.8) is 0 Å². The number of likely N-dealkylation sites (tertiary alicyclic amines) is 2. The molecule has 0 saturated carbocycles. The molecule has 0 unspecified atom stereocenters.